The average molecular weight is 255 g/mol. The normalized spacial score (nSPS) is 9.95. The third kappa shape index (κ3) is 3.30. The van der Waals surface area contributed by atoms with Gasteiger partial charge in [0, 0.05) is 5.69 Å². The lowest BCUT2D eigenvalue weighted by Gasteiger charge is -2.09. The maximum atomic E-state index is 13.9. The SMILES string of the molecule is N#Cc1cccc(Nc2ccc(CCN)cc2F)c1. The molecule has 0 fully saturated rings. The number of hydrogen-bond donors (Lipinski definition) is 2. The minimum Gasteiger partial charge on any atom is -0.353 e. The van der Waals surface area contributed by atoms with Crippen LogP contribution in [-0.4, -0.2) is 6.54 Å². The van der Waals surface area contributed by atoms with Gasteiger partial charge in [0.2, 0.25) is 0 Å². The van der Waals surface area contributed by atoms with Crippen LogP contribution in [0.3, 0.4) is 0 Å². The fraction of sp³-hybridized carbons (Fsp3) is 0.133. The molecule has 0 aromatic heterocycles. The van der Waals surface area contributed by atoms with Gasteiger partial charge >= 0.3 is 0 Å². The Bertz CT molecular complexity index is 617. The van der Waals surface area contributed by atoms with E-state index >= 15 is 0 Å². The number of hydrogen-bond acceptors (Lipinski definition) is 3. The molecule has 4 heteroatoms. The van der Waals surface area contributed by atoms with Crippen LogP contribution in [0.1, 0.15) is 11.1 Å². The molecule has 0 unspecified atom stereocenters. The summed E-state index contributed by atoms with van der Waals surface area (Å²) in [6.07, 6.45) is 0.654. The van der Waals surface area contributed by atoms with Gasteiger partial charge in [-0.25, -0.2) is 4.39 Å². The molecule has 0 aliphatic heterocycles. The summed E-state index contributed by atoms with van der Waals surface area (Å²) in [7, 11) is 0. The highest BCUT2D eigenvalue weighted by atomic mass is 19.1. The number of rotatable bonds is 4. The van der Waals surface area contributed by atoms with Crippen molar-refractivity contribution in [3.8, 4) is 6.07 Å². The second-order valence-corrected chi connectivity index (χ2v) is 4.17. The van der Waals surface area contributed by atoms with Crippen molar-refractivity contribution in [1.29, 1.82) is 5.26 Å². The van der Waals surface area contributed by atoms with Crippen LogP contribution in [0.2, 0.25) is 0 Å². The molecule has 3 nitrogen and oxygen atoms in total. The predicted octanol–water partition coefficient (Wildman–Crippen LogP) is 2.94. The second kappa shape index (κ2) is 5.98. The van der Waals surface area contributed by atoms with Gasteiger partial charge in [0.1, 0.15) is 5.82 Å². The Morgan fingerprint density at radius 2 is 2.05 bits per heavy atom. The van der Waals surface area contributed by atoms with Crippen molar-refractivity contribution in [1.82, 2.24) is 0 Å². The third-order valence-electron chi connectivity index (χ3n) is 2.74. The van der Waals surface area contributed by atoms with E-state index in [9.17, 15) is 4.39 Å². The van der Waals surface area contributed by atoms with Gasteiger partial charge in [-0.15, -0.1) is 0 Å². The maximum Gasteiger partial charge on any atom is 0.146 e. The molecular weight excluding hydrogens is 241 g/mol. The standard InChI is InChI=1S/C15H14FN3/c16-14-9-11(6-7-17)4-5-15(14)19-13-3-1-2-12(8-13)10-18/h1-5,8-9,19H,6-7,17H2. The van der Waals surface area contributed by atoms with Gasteiger partial charge in [0.25, 0.3) is 0 Å². The summed E-state index contributed by atoms with van der Waals surface area (Å²) >= 11 is 0. The molecule has 0 saturated carbocycles. The third-order valence-corrected chi connectivity index (χ3v) is 2.74. The minimum absolute atomic E-state index is 0.326. The Labute approximate surface area is 111 Å². The molecule has 0 spiro atoms. The van der Waals surface area contributed by atoms with Gasteiger partial charge < -0.3 is 11.1 Å². The van der Waals surface area contributed by atoms with E-state index in [2.05, 4.69) is 5.32 Å². The lowest BCUT2D eigenvalue weighted by molar-refractivity contribution is 0.629. The summed E-state index contributed by atoms with van der Waals surface area (Å²) in [5.41, 5.74) is 7.91. The van der Waals surface area contributed by atoms with Crippen molar-refractivity contribution in [3.63, 3.8) is 0 Å². The molecule has 0 bridgehead atoms. The van der Waals surface area contributed by atoms with Crippen LogP contribution in [-0.2, 0) is 6.42 Å². The highest BCUT2D eigenvalue weighted by Crippen LogP contribution is 2.21. The van der Waals surface area contributed by atoms with E-state index < -0.39 is 0 Å². The van der Waals surface area contributed by atoms with Crippen molar-refractivity contribution in [2.75, 3.05) is 11.9 Å². The summed E-state index contributed by atoms with van der Waals surface area (Å²) < 4.78 is 13.9. The topological polar surface area (TPSA) is 61.8 Å². The van der Waals surface area contributed by atoms with E-state index in [0.29, 0.717) is 29.9 Å². The van der Waals surface area contributed by atoms with E-state index in [0.717, 1.165) is 5.56 Å². The summed E-state index contributed by atoms with van der Waals surface area (Å²) in [5.74, 6) is -0.326. The Kier molecular flexibility index (Phi) is 4.11. The molecule has 19 heavy (non-hydrogen) atoms. The Morgan fingerprint density at radius 3 is 2.74 bits per heavy atom. The molecule has 0 aliphatic carbocycles. The lowest BCUT2D eigenvalue weighted by Crippen LogP contribution is -2.03. The first-order chi connectivity index (χ1) is 9.22. The van der Waals surface area contributed by atoms with Crippen molar-refractivity contribution >= 4 is 11.4 Å². The van der Waals surface area contributed by atoms with E-state index in [-0.39, 0.29) is 5.82 Å². The first-order valence-electron chi connectivity index (χ1n) is 5.98. The van der Waals surface area contributed by atoms with E-state index in [1.165, 1.54) is 6.07 Å². The van der Waals surface area contributed by atoms with Gasteiger partial charge in [-0.3, -0.25) is 0 Å². The van der Waals surface area contributed by atoms with Gasteiger partial charge in [-0.05, 0) is 48.9 Å². The van der Waals surface area contributed by atoms with Crippen molar-refractivity contribution < 1.29 is 4.39 Å². The van der Waals surface area contributed by atoms with Crippen molar-refractivity contribution in [2.45, 2.75) is 6.42 Å². The molecule has 0 aliphatic rings. The summed E-state index contributed by atoms with van der Waals surface area (Å²) in [6.45, 7) is 0.496. The maximum absolute atomic E-state index is 13.9. The quantitative estimate of drug-likeness (QED) is 0.883. The van der Waals surface area contributed by atoms with Crippen molar-refractivity contribution in [2.24, 2.45) is 5.73 Å². The van der Waals surface area contributed by atoms with Crippen molar-refractivity contribution in [3.05, 3.63) is 59.4 Å². The number of halogens is 1. The molecule has 96 valence electrons. The average Bonchev–Trinajstić information content (AvgIpc) is 2.42. The van der Waals surface area contributed by atoms with Gasteiger partial charge in [-0.2, -0.15) is 5.26 Å². The first kappa shape index (κ1) is 13.1. The lowest BCUT2D eigenvalue weighted by atomic mass is 10.1. The van der Waals surface area contributed by atoms with E-state index in [4.69, 9.17) is 11.0 Å². The zero-order chi connectivity index (χ0) is 13.7. The molecule has 0 heterocycles. The Morgan fingerprint density at radius 1 is 1.21 bits per heavy atom. The van der Waals surface area contributed by atoms with Crippen LogP contribution >= 0.6 is 0 Å². The second-order valence-electron chi connectivity index (χ2n) is 4.17. The monoisotopic (exact) mass is 255 g/mol. The number of nitriles is 1. The molecule has 0 amide bonds. The van der Waals surface area contributed by atoms with Gasteiger partial charge in [-0.1, -0.05) is 12.1 Å². The summed E-state index contributed by atoms with van der Waals surface area (Å²) in [4.78, 5) is 0. The fourth-order valence-corrected chi connectivity index (χ4v) is 1.80. The molecule has 0 radical (unpaired) electrons. The Hall–Kier alpha value is -2.38. The number of nitrogens with one attached hydrogen (secondary N) is 1. The summed E-state index contributed by atoms with van der Waals surface area (Å²) in [6, 6.07) is 14.0. The van der Waals surface area contributed by atoms with Crippen LogP contribution in [0.5, 0.6) is 0 Å². The summed E-state index contributed by atoms with van der Waals surface area (Å²) in [5, 5.41) is 11.8. The van der Waals surface area contributed by atoms with Crippen LogP contribution in [0.25, 0.3) is 0 Å². The highest BCUT2D eigenvalue weighted by Gasteiger charge is 2.04. The highest BCUT2D eigenvalue weighted by molar-refractivity contribution is 5.62. The fourth-order valence-electron chi connectivity index (χ4n) is 1.80. The van der Waals surface area contributed by atoms with Crippen LogP contribution in [0, 0.1) is 17.1 Å². The number of benzene rings is 2. The van der Waals surface area contributed by atoms with Crippen LogP contribution in [0.15, 0.2) is 42.5 Å². The molecule has 2 aromatic rings. The number of nitrogens with zero attached hydrogens (tertiary/aromatic N) is 1. The zero-order valence-electron chi connectivity index (χ0n) is 10.4. The van der Waals surface area contributed by atoms with Gasteiger partial charge in [0.15, 0.2) is 0 Å². The molecular formula is C15H14FN3. The van der Waals surface area contributed by atoms with Gasteiger partial charge in [0.05, 0.1) is 17.3 Å². The van der Waals surface area contributed by atoms with Crippen LogP contribution < -0.4 is 11.1 Å². The van der Waals surface area contributed by atoms with E-state index in [1.54, 1.807) is 30.3 Å². The largest absolute Gasteiger partial charge is 0.353 e. The Balaban J connectivity index is 2.21. The zero-order valence-corrected chi connectivity index (χ0v) is 10.4. The molecule has 0 saturated heterocycles. The number of nitrogens with two attached hydrogens (primary N) is 1. The molecule has 2 aromatic carbocycles. The minimum atomic E-state index is -0.326. The first-order valence-corrected chi connectivity index (χ1v) is 5.98. The van der Waals surface area contributed by atoms with Crippen LogP contribution in [0.4, 0.5) is 15.8 Å². The molecule has 2 rings (SSSR count). The smallest absolute Gasteiger partial charge is 0.146 e. The van der Waals surface area contributed by atoms with E-state index in [1.807, 2.05) is 12.1 Å². The molecule has 0 atom stereocenters. The predicted molar refractivity (Wildman–Crippen MR) is 73.6 cm³/mol. The molecule has 3 N–H and O–H groups in total. The number of anilines is 2.